The number of halogens is 2. The average Bonchev–Trinajstić information content (AvgIpc) is 2.59. The summed E-state index contributed by atoms with van der Waals surface area (Å²) >= 11 is 5.86. The van der Waals surface area contributed by atoms with Crippen LogP contribution in [0.15, 0.2) is 53.4 Å². The van der Waals surface area contributed by atoms with Gasteiger partial charge in [-0.15, -0.1) is 12.4 Å². The Hall–Kier alpha value is -1.11. The molecule has 0 atom stereocenters. The Labute approximate surface area is 160 Å². The molecule has 0 aromatic heterocycles. The molecule has 1 N–H and O–H groups in total. The molecule has 1 aliphatic heterocycles. The number of fused-ring (bicyclic) bond motifs is 1. The van der Waals surface area contributed by atoms with Crippen LogP contribution in [0.4, 0.5) is 0 Å². The van der Waals surface area contributed by atoms with Crippen LogP contribution in [-0.4, -0.2) is 33.0 Å². The molecule has 0 unspecified atom stereocenters. The van der Waals surface area contributed by atoms with Crippen molar-refractivity contribution in [2.24, 2.45) is 0 Å². The van der Waals surface area contributed by atoms with Crippen LogP contribution in [0.1, 0.15) is 17.5 Å². The van der Waals surface area contributed by atoms with Gasteiger partial charge >= 0.3 is 0 Å². The zero-order chi connectivity index (χ0) is 17.0. The minimum absolute atomic E-state index is 0. The second-order valence-corrected chi connectivity index (χ2v) is 8.21. The molecule has 136 valence electrons. The first-order chi connectivity index (χ1) is 11.5. The van der Waals surface area contributed by atoms with Gasteiger partial charge in [-0.25, -0.2) is 13.1 Å². The summed E-state index contributed by atoms with van der Waals surface area (Å²) in [5.74, 6) is 0. The van der Waals surface area contributed by atoms with E-state index in [1.165, 1.54) is 17.2 Å². The summed E-state index contributed by atoms with van der Waals surface area (Å²) in [6, 6.07) is 14.8. The van der Waals surface area contributed by atoms with Crippen molar-refractivity contribution in [2.45, 2.75) is 24.3 Å². The minimum atomic E-state index is -3.49. The third-order valence-corrected chi connectivity index (χ3v) is 5.95. The van der Waals surface area contributed by atoms with E-state index in [4.69, 9.17) is 11.6 Å². The van der Waals surface area contributed by atoms with Gasteiger partial charge < -0.3 is 0 Å². The summed E-state index contributed by atoms with van der Waals surface area (Å²) in [6.07, 6.45) is 1.84. The Morgan fingerprint density at radius 1 is 1.08 bits per heavy atom. The first-order valence-corrected chi connectivity index (χ1v) is 9.95. The molecule has 1 heterocycles. The van der Waals surface area contributed by atoms with Crippen LogP contribution in [0.25, 0.3) is 0 Å². The highest BCUT2D eigenvalue weighted by atomic mass is 35.5. The predicted molar refractivity (Wildman–Crippen MR) is 104 cm³/mol. The Morgan fingerprint density at radius 3 is 2.60 bits per heavy atom. The first kappa shape index (κ1) is 20.2. The van der Waals surface area contributed by atoms with Crippen LogP contribution < -0.4 is 4.72 Å². The van der Waals surface area contributed by atoms with Gasteiger partial charge in [0.2, 0.25) is 10.0 Å². The predicted octanol–water partition coefficient (Wildman–Crippen LogP) is 3.49. The van der Waals surface area contributed by atoms with Crippen molar-refractivity contribution in [3.05, 3.63) is 64.7 Å². The number of nitrogens with one attached hydrogen (secondary N) is 1. The van der Waals surface area contributed by atoms with Crippen LogP contribution in [0.5, 0.6) is 0 Å². The molecule has 1 aliphatic rings. The zero-order valence-electron chi connectivity index (χ0n) is 13.8. The lowest BCUT2D eigenvalue weighted by Crippen LogP contribution is -2.33. The van der Waals surface area contributed by atoms with Gasteiger partial charge in [0.25, 0.3) is 0 Å². The van der Waals surface area contributed by atoms with Crippen molar-refractivity contribution in [1.29, 1.82) is 0 Å². The molecule has 25 heavy (non-hydrogen) atoms. The third kappa shape index (κ3) is 5.43. The van der Waals surface area contributed by atoms with E-state index in [-0.39, 0.29) is 17.3 Å². The van der Waals surface area contributed by atoms with E-state index in [2.05, 4.69) is 33.9 Å². The topological polar surface area (TPSA) is 49.4 Å². The largest absolute Gasteiger partial charge is 0.299 e. The monoisotopic (exact) mass is 400 g/mol. The highest BCUT2D eigenvalue weighted by Gasteiger charge is 2.16. The van der Waals surface area contributed by atoms with Gasteiger partial charge in [0.05, 0.1) is 4.90 Å². The standard InChI is InChI=1S/C18H21ClN2O2S.ClH/c19-17-7-3-8-18(13-17)24(22,23)20-10-4-11-21-12-9-15-5-1-2-6-16(15)14-21;/h1-3,5-8,13,20H,4,9-12,14H2;1H. The molecule has 2 aromatic carbocycles. The van der Waals surface area contributed by atoms with Gasteiger partial charge in [-0.2, -0.15) is 0 Å². The fraction of sp³-hybridized carbons (Fsp3) is 0.333. The summed E-state index contributed by atoms with van der Waals surface area (Å²) in [5.41, 5.74) is 2.80. The average molecular weight is 401 g/mol. The summed E-state index contributed by atoms with van der Waals surface area (Å²) in [4.78, 5) is 2.58. The van der Waals surface area contributed by atoms with Crippen molar-refractivity contribution in [1.82, 2.24) is 9.62 Å². The van der Waals surface area contributed by atoms with Gasteiger partial charge in [0, 0.05) is 24.7 Å². The highest BCUT2D eigenvalue weighted by Crippen LogP contribution is 2.18. The Balaban J connectivity index is 0.00000225. The second-order valence-electron chi connectivity index (χ2n) is 6.00. The van der Waals surface area contributed by atoms with Gasteiger partial charge in [0.15, 0.2) is 0 Å². The molecule has 0 saturated heterocycles. The molecule has 7 heteroatoms. The molecule has 0 spiro atoms. The number of hydrogen-bond acceptors (Lipinski definition) is 3. The fourth-order valence-corrected chi connectivity index (χ4v) is 4.35. The lowest BCUT2D eigenvalue weighted by molar-refractivity contribution is 0.251. The number of rotatable bonds is 6. The molecular formula is C18H22Cl2N2O2S. The molecule has 3 rings (SSSR count). The lowest BCUT2D eigenvalue weighted by atomic mass is 10.00. The molecule has 0 saturated carbocycles. The molecule has 0 bridgehead atoms. The Bertz CT molecular complexity index is 812. The smallest absolute Gasteiger partial charge is 0.240 e. The number of sulfonamides is 1. The van der Waals surface area contributed by atoms with Gasteiger partial charge in [0.1, 0.15) is 0 Å². The van der Waals surface area contributed by atoms with Crippen molar-refractivity contribution >= 4 is 34.0 Å². The van der Waals surface area contributed by atoms with E-state index in [9.17, 15) is 8.42 Å². The van der Waals surface area contributed by atoms with Crippen LogP contribution in [-0.2, 0) is 23.0 Å². The van der Waals surface area contributed by atoms with E-state index >= 15 is 0 Å². The molecule has 0 aliphatic carbocycles. The Kier molecular flexibility index (Phi) is 7.28. The third-order valence-electron chi connectivity index (χ3n) is 4.26. The van der Waals surface area contributed by atoms with Gasteiger partial charge in [-0.05, 0) is 48.7 Å². The van der Waals surface area contributed by atoms with Gasteiger partial charge in [-0.3, -0.25) is 4.90 Å². The summed E-state index contributed by atoms with van der Waals surface area (Å²) in [7, 11) is -3.49. The van der Waals surface area contributed by atoms with E-state index in [1.807, 2.05) is 0 Å². The number of nitrogens with zero attached hydrogens (tertiary/aromatic N) is 1. The maximum Gasteiger partial charge on any atom is 0.240 e. The fourth-order valence-electron chi connectivity index (χ4n) is 2.97. The van der Waals surface area contributed by atoms with Crippen LogP contribution in [0, 0.1) is 0 Å². The van der Waals surface area contributed by atoms with Crippen molar-refractivity contribution in [3.8, 4) is 0 Å². The molecule has 0 amide bonds. The van der Waals surface area contributed by atoms with Crippen molar-refractivity contribution in [2.75, 3.05) is 19.6 Å². The van der Waals surface area contributed by atoms with E-state index in [0.29, 0.717) is 11.6 Å². The quantitative estimate of drug-likeness (QED) is 0.754. The van der Waals surface area contributed by atoms with Crippen LogP contribution in [0.3, 0.4) is 0 Å². The van der Waals surface area contributed by atoms with Gasteiger partial charge in [-0.1, -0.05) is 41.9 Å². The molecule has 2 aromatic rings. The summed E-state index contributed by atoms with van der Waals surface area (Å²) in [6.45, 7) is 3.27. The zero-order valence-corrected chi connectivity index (χ0v) is 16.2. The van der Waals surface area contributed by atoms with Crippen LogP contribution in [0.2, 0.25) is 5.02 Å². The molecular weight excluding hydrogens is 379 g/mol. The maximum absolute atomic E-state index is 12.2. The van der Waals surface area contributed by atoms with Crippen molar-refractivity contribution in [3.63, 3.8) is 0 Å². The highest BCUT2D eigenvalue weighted by molar-refractivity contribution is 7.89. The number of hydrogen-bond donors (Lipinski definition) is 1. The SMILES string of the molecule is Cl.O=S(=O)(NCCCN1CCc2ccccc2C1)c1cccc(Cl)c1. The lowest BCUT2D eigenvalue weighted by Gasteiger charge is -2.28. The normalized spacial score (nSPS) is 14.6. The van der Waals surface area contributed by atoms with E-state index in [0.717, 1.165) is 32.5 Å². The summed E-state index contributed by atoms with van der Waals surface area (Å²) < 4.78 is 27.1. The summed E-state index contributed by atoms with van der Waals surface area (Å²) in [5, 5.41) is 0.421. The number of benzene rings is 2. The van der Waals surface area contributed by atoms with Crippen molar-refractivity contribution < 1.29 is 8.42 Å². The molecule has 0 radical (unpaired) electrons. The van der Waals surface area contributed by atoms with E-state index in [1.54, 1.807) is 18.2 Å². The van der Waals surface area contributed by atoms with Crippen LogP contribution >= 0.6 is 24.0 Å². The Morgan fingerprint density at radius 2 is 1.84 bits per heavy atom. The molecule has 0 fully saturated rings. The second kappa shape index (κ2) is 9.01. The first-order valence-electron chi connectivity index (χ1n) is 8.09. The molecule has 4 nitrogen and oxygen atoms in total. The maximum atomic E-state index is 12.2. The minimum Gasteiger partial charge on any atom is -0.299 e. The van der Waals surface area contributed by atoms with E-state index < -0.39 is 10.0 Å².